The van der Waals surface area contributed by atoms with Crippen LogP contribution in [0.4, 0.5) is 5.69 Å². The predicted octanol–water partition coefficient (Wildman–Crippen LogP) is 17.6. The predicted molar refractivity (Wildman–Crippen MR) is 309 cm³/mol. The molecule has 0 unspecified atom stereocenters. The summed E-state index contributed by atoms with van der Waals surface area (Å²) in [5.74, 6) is 0. The van der Waals surface area contributed by atoms with E-state index in [2.05, 4.69) is 253 Å². The quantitative estimate of drug-likeness (QED) is 0.159. The van der Waals surface area contributed by atoms with E-state index in [1.807, 2.05) is 12.1 Å². The Kier molecular flexibility index (Phi) is 8.46. The lowest BCUT2D eigenvalue weighted by Crippen LogP contribution is -2.14. The van der Waals surface area contributed by atoms with E-state index in [0.29, 0.717) is 28.3 Å². The fraction of sp³-hybridized carbons (Fsp3) is 0. The number of aromatic nitrogens is 5. The third-order valence-corrected chi connectivity index (χ3v) is 15.7. The van der Waals surface area contributed by atoms with Gasteiger partial charge in [-0.25, -0.2) is 4.85 Å². The van der Waals surface area contributed by atoms with Crippen molar-refractivity contribution in [2.45, 2.75) is 0 Å². The van der Waals surface area contributed by atoms with Gasteiger partial charge in [-0.2, -0.15) is 5.26 Å². The Balaban J connectivity index is 1.22. The van der Waals surface area contributed by atoms with Gasteiger partial charge in [0, 0.05) is 59.5 Å². The summed E-state index contributed by atoms with van der Waals surface area (Å²) < 4.78 is 11.5. The Morgan fingerprint density at radius 3 is 0.920 bits per heavy atom. The number of para-hydroxylation sites is 9. The van der Waals surface area contributed by atoms with Gasteiger partial charge in [-0.05, 0) is 72.8 Å². The molecule has 7 heteroatoms. The summed E-state index contributed by atoms with van der Waals surface area (Å²) in [5.41, 5.74) is 14.1. The van der Waals surface area contributed by atoms with Gasteiger partial charge in [0.2, 0.25) is 5.69 Å². The number of nitrogens with zero attached hydrogens (tertiary/aromatic N) is 7. The molecule has 0 saturated heterocycles. The molecule has 0 aliphatic carbocycles. The van der Waals surface area contributed by atoms with Gasteiger partial charge in [0.1, 0.15) is 6.07 Å². The van der Waals surface area contributed by atoms with Crippen molar-refractivity contribution in [1.82, 2.24) is 22.8 Å². The highest BCUT2D eigenvalue weighted by Crippen LogP contribution is 2.52. The van der Waals surface area contributed by atoms with Crippen LogP contribution in [-0.2, 0) is 0 Å². The Morgan fingerprint density at radius 1 is 0.280 bits per heavy atom. The Morgan fingerprint density at radius 2 is 0.560 bits per heavy atom. The van der Waals surface area contributed by atoms with Crippen molar-refractivity contribution in [3.63, 3.8) is 0 Å². The molecule has 11 aromatic carbocycles. The van der Waals surface area contributed by atoms with E-state index in [1.54, 1.807) is 0 Å². The smallest absolute Gasteiger partial charge is 0.237 e. The zero-order chi connectivity index (χ0) is 49.5. The molecule has 0 amide bonds. The Bertz CT molecular complexity index is 5060. The summed E-state index contributed by atoms with van der Waals surface area (Å²) in [7, 11) is 0. The van der Waals surface area contributed by atoms with Crippen LogP contribution in [0.3, 0.4) is 0 Å². The molecule has 0 bridgehead atoms. The molecule has 5 heterocycles. The van der Waals surface area contributed by atoms with Crippen molar-refractivity contribution in [2.75, 3.05) is 0 Å². The number of hydrogen-bond donors (Lipinski definition) is 0. The van der Waals surface area contributed by atoms with E-state index in [1.165, 1.54) is 0 Å². The van der Waals surface area contributed by atoms with E-state index >= 15 is 0 Å². The van der Waals surface area contributed by atoms with Gasteiger partial charge in [-0.1, -0.05) is 164 Å². The van der Waals surface area contributed by atoms with Crippen LogP contribution in [0.25, 0.3) is 142 Å². The lowest BCUT2D eigenvalue weighted by molar-refractivity contribution is 1.03. The van der Waals surface area contributed by atoms with Crippen LogP contribution >= 0.6 is 0 Å². The summed E-state index contributed by atoms with van der Waals surface area (Å²) >= 11 is 0. The molecule has 0 radical (unpaired) electrons. The number of benzene rings is 11. The molecule has 75 heavy (non-hydrogen) atoms. The molecule has 16 rings (SSSR count). The van der Waals surface area contributed by atoms with Gasteiger partial charge < -0.3 is 22.8 Å². The van der Waals surface area contributed by atoms with Gasteiger partial charge in [-0.3, -0.25) is 0 Å². The maximum Gasteiger partial charge on any atom is 0.237 e. The lowest BCUT2D eigenvalue weighted by atomic mass is 10.0. The van der Waals surface area contributed by atoms with Crippen LogP contribution in [0.2, 0.25) is 0 Å². The first-order chi connectivity index (χ1) is 37.2. The van der Waals surface area contributed by atoms with Crippen molar-refractivity contribution in [1.29, 1.82) is 5.26 Å². The molecule has 0 fully saturated rings. The molecule has 0 atom stereocenters. The largest absolute Gasteiger partial charge is 0.318 e. The highest BCUT2D eigenvalue weighted by atomic mass is 15.1. The summed E-state index contributed by atoms with van der Waals surface area (Å²) in [6.07, 6.45) is 0. The zero-order valence-corrected chi connectivity index (χ0v) is 40.1. The van der Waals surface area contributed by atoms with Crippen LogP contribution in [0.1, 0.15) is 5.56 Å². The molecule has 0 aliphatic heterocycles. The van der Waals surface area contributed by atoms with Crippen molar-refractivity contribution in [3.8, 4) is 34.5 Å². The van der Waals surface area contributed by atoms with E-state index < -0.39 is 0 Å². The number of hydrogen-bond acceptors (Lipinski definition) is 1. The topological polar surface area (TPSA) is 52.8 Å². The Hall–Kier alpha value is -10.6. The highest BCUT2D eigenvalue weighted by molar-refractivity contribution is 6.21. The average molecular weight is 954 g/mol. The highest BCUT2D eigenvalue weighted by Gasteiger charge is 2.35. The normalized spacial score (nSPS) is 12.0. The van der Waals surface area contributed by atoms with Gasteiger partial charge in [0.25, 0.3) is 0 Å². The van der Waals surface area contributed by atoms with E-state index in [9.17, 15) is 11.8 Å². The molecule has 5 aromatic heterocycles. The molecule has 0 spiro atoms. The average Bonchev–Trinajstić information content (AvgIpc) is 4.37. The molecule has 16 aromatic rings. The van der Waals surface area contributed by atoms with Crippen molar-refractivity contribution in [3.05, 3.63) is 254 Å². The van der Waals surface area contributed by atoms with Gasteiger partial charge in [0.15, 0.2) is 0 Å². The maximum atomic E-state index is 12.6. The van der Waals surface area contributed by atoms with Crippen molar-refractivity contribution >= 4 is 115 Å². The minimum atomic E-state index is 0.360. The fourth-order valence-corrected chi connectivity index (χ4v) is 12.8. The second-order valence-electron chi connectivity index (χ2n) is 19.4. The number of rotatable bonds is 5. The first-order valence-electron chi connectivity index (χ1n) is 25.2. The van der Waals surface area contributed by atoms with E-state index in [-0.39, 0.29) is 0 Å². The summed E-state index contributed by atoms with van der Waals surface area (Å²) in [6, 6.07) is 86.2. The summed E-state index contributed by atoms with van der Waals surface area (Å²) in [4.78, 5) is 4.73. The van der Waals surface area contributed by atoms with Crippen LogP contribution < -0.4 is 0 Å². The van der Waals surface area contributed by atoms with Crippen LogP contribution in [0, 0.1) is 17.9 Å². The van der Waals surface area contributed by atoms with Crippen molar-refractivity contribution in [2.24, 2.45) is 0 Å². The third kappa shape index (κ3) is 5.45. The standard InChI is InChI=1S/C68H39N7/c1-70-64-65(72-55-32-14-5-23-43(55)44-24-6-15-33-56(44)72)53(41-69)66(75-61-38-20-12-30-50(61)52-39-62-51(40-63(52)75)49-29-11-13-31-54(49)71(62)42-21-3-2-4-22-42)68(74-59-36-18-9-27-47(59)48-28-10-19-37-60(48)74)67(64)73-57-34-16-7-25-45(57)46-26-8-17-35-58(46)73/h2-40H. The molecule has 7 nitrogen and oxygen atoms in total. The fourth-order valence-electron chi connectivity index (χ4n) is 12.8. The molecule has 0 N–H and O–H groups in total. The van der Waals surface area contributed by atoms with Crippen LogP contribution in [-0.4, -0.2) is 22.8 Å². The SMILES string of the molecule is [C-]#[N+]c1c(-n2c3ccccc3c3ccccc32)c(C#N)c(-n2c3ccccc3c3cc4c(cc32)c2ccccc2n4-c2ccccc2)c(-n2c3ccccc3c3ccccc32)c1-n1c2ccccc2c2ccccc21. The second kappa shape index (κ2) is 15.5. The van der Waals surface area contributed by atoms with Crippen molar-refractivity contribution < 1.29 is 0 Å². The zero-order valence-electron chi connectivity index (χ0n) is 40.1. The minimum absolute atomic E-state index is 0.360. The molecule has 0 aliphatic rings. The Labute approximate surface area is 428 Å². The van der Waals surface area contributed by atoms with E-state index in [4.69, 9.17) is 4.85 Å². The van der Waals surface area contributed by atoms with Gasteiger partial charge in [0.05, 0.1) is 90.1 Å². The molecule has 0 saturated carbocycles. The third-order valence-electron chi connectivity index (χ3n) is 15.7. The monoisotopic (exact) mass is 953 g/mol. The molecule has 346 valence electrons. The number of nitriles is 1. The molecular formula is C68H39N7. The lowest BCUT2D eigenvalue weighted by Gasteiger charge is -2.27. The van der Waals surface area contributed by atoms with Crippen LogP contribution in [0.15, 0.2) is 237 Å². The van der Waals surface area contributed by atoms with Crippen LogP contribution in [0.5, 0.6) is 0 Å². The first kappa shape index (κ1) is 41.1. The minimum Gasteiger partial charge on any atom is -0.318 e. The first-order valence-corrected chi connectivity index (χ1v) is 25.2. The van der Waals surface area contributed by atoms with Gasteiger partial charge >= 0.3 is 0 Å². The summed E-state index contributed by atoms with van der Waals surface area (Å²) in [5, 5.41) is 23.2. The second-order valence-corrected chi connectivity index (χ2v) is 19.4. The number of fused-ring (bicyclic) bond motifs is 15. The summed E-state index contributed by atoms with van der Waals surface area (Å²) in [6.45, 7) is 9.70. The van der Waals surface area contributed by atoms with Gasteiger partial charge in [-0.15, -0.1) is 0 Å². The van der Waals surface area contributed by atoms with E-state index in [0.717, 1.165) is 120 Å². The maximum absolute atomic E-state index is 12.6. The molecular weight excluding hydrogens is 915 g/mol.